The maximum atomic E-state index is 11.8. The van der Waals surface area contributed by atoms with E-state index in [1.807, 2.05) is 6.07 Å². The van der Waals surface area contributed by atoms with Crippen molar-refractivity contribution in [3.05, 3.63) is 48.0 Å². The van der Waals surface area contributed by atoms with E-state index >= 15 is 0 Å². The molecule has 0 spiro atoms. The first kappa shape index (κ1) is 12.2. The molecule has 0 radical (unpaired) electrons. The molecule has 1 atom stereocenters. The molecule has 1 aliphatic rings. The molecule has 0 aromatic heterocycles. The average Bonchev–Trinajstić information content (AvgIpc) is 2.58. The topological polar surface area (TPSA) is 29.1 Å². The van der Waals surface area contributed by atoms with Gasteiger partial charge >= 0.3 is 0 Å². The zero-order chi connectivity index (χ0) is 13.7. The SMILES string of the molecule is CC1(C)NC(=O)CC1(C)c1ccc2ccccc2c1. The maximum Gasteiger partial charge on any atom is 0.221 e. The number of fused-ring (bicyclic) bond motifs is 1. The van der Waals surface area contributed by atoms with Gasteiger partial charge in [0.25, 0.3) is 0 Å². The van der Waals surface area contributed by atoms with Gasteiger partial charge < -0.3 is 5.32 Å². The Labute approximate surface area is 113 Å². The number of carbonyl (C=O) groups is 1. The summed E-state index contributed by atoms with van der Waals surface area (Å²) in [7, 11) is 0. The molecule has 0 aliphatic carbocycles. The Morgan fingerprint density at radius 2 is 1.68 bits per heavy atom. The lowest BCUT2D eigenvalue weighted by molar-refractivity contribution is -0.119. The Morgan fingerprint density at radius 3 is 2.32 bits per heavy atom. The predicted molar refractivity (Wildman–Crippen MR) is 78.1 cm³/mol. The van der Waals surface area contributed by atoms with Crippen LogP contribution in [-0.4, -0.2) is 11.4 Å². The van der Waals surface area contributed by atoms with Crippen LogP contribution < -0.4 is 5.32 Å². The van der Waals surface area contributed by atoms with Crippen molar-refractivity contribution in [3.8, 4) is 0 Å². The van der Waals surface area contributed by atoms with Gasteiger partial charge in [0.1, 0.15) is 0 Å². The molecule has 1 saturated heterocycles. The van der Waals surface area contributed by atoms with Gasteiger partial charge in [-0.2, -0.15) is 0 Å². The van der Waals surface area contributed by atoms with E-state index in [2.05, 4.69) is 62.5 Å². The standard InChI is InChI=1S/C17H19NO/c1-16(2)17(3,11-15(19)18-16)14-9-8-12-6-4-5-7-13(12)10-14/h4-10H,11H2,1-3H3,(H,18,19). The van der Waals surface area contributed by atoms with Crippen molar-refractivity contribution in [1.29, 1.82) is 0 Å². The summed E-state index contributed by atoms with van der Waals surface area (Å²) >= 11 is 0. The number of hydrogen-bond donors (Lipinski definition) is 1. The van der Waals surface area contributed by atoms with Gasteiger partial charge in [-0.05, 0) is 30.2 Å². The van der Waals surface area contributed by atoms with Crippen molar-refractivity contribution in [2.45, 2.75) is 38.1 Å². The van der Waals surface area contributed by atoms with Gasteiger partial charge in [0.2, 0.25) is 5.91 Å². The number of carbonyl (C=O) groups excluding carboxylic acids is 1. The molecule has 1 unspecified atom stereocenters. The van der Waals surface area contributed by atoms with Crippen LogP contribution in [0.3, 0.4) is 0 Å². The van der Waals surface area contributed by atoms with E-state index in [-0.39, 0.29) is 16.9 Å². The zero-order valence-electron chi connectivity index (χ0n) is 11.7. The molecular formula is C17H19NO. The number of benzene rings is 2. The fraction of sp³-hybridized carbons (Fsp3) is 0.353. The van der Waals surface area contributed by atoms with Gasteiger partial charge in [0, 0.05) is 17.4 Å². The maximum absolute atomic E-state index is 11.8. The first-order valence-electron chi connectivity index (χ1n) is 6.73. The van der Waals surface area contributed by atoms with Gasteiger partial charge in [-0.3, -0.25) is 4.79 Å². The molecule has 2 heteroatoms. The number of amides is 1. The number of hydrogen-bond acceptors (Lipinski definition) is 1. The Hall–Kier alpha value is -1.83. The van der Waals surface area contributed by atoms with Gasteiger partial charge in [0.15, 0.2) is 0 Å². The Bertz CT molecular complexity index is 659. The molecule has 1 aliphatic heterocycles. The van der Waals surface area contributed by atoms with Gasteiger partial charge in [-0.1, -0.05) is 49.4 Å². The van der Waals surface area contributed by atoms with Gasteiger partial charge in [0.05, 0.1) is 0 Å². The van der Waals surface area contributed by atoms with Crippen molar-refractivity contribution >= 4 is 16.7 Å². The summed E-state index contributed by atoms with van der Waals surface area (Å²) < 4.78 is 0. The Kier molecular flexibility index (Phi) is 2.46. The number of nitrogens with one attached hydrogen (secondary N) is 1. The lowest BCUT2D eigenvalue weighted by atomic mass is 9.69. The first-order chi connectivity index (χ1) is 8.92. The van der Waals surface area contributed by atoms with Crippen LogP contribution in [0.25, 0.3) is 10.8 Å². The van der Waals surface area contributed by atoms with E-state index < -0.39 is 0 Å². The van der Waals surface area contributed by atoms with Crippen LogP contribution in [-0.2, 0) is 10.2 Å². The van der Waals surface area contributed by atoms with Crippen molar-refractivity contribution in [2.24, 2.45) is 0 Å². The molecule has 98 valence electrons. The predicted octanol–water partition coefficient (Wildman–Crippen LogP) is 3.40. The third-order valence-electron chi connectivity index (χ3n) is 4.73. The van der Waals surface area contributed by atoms with Crippen LogP contribution >= 0.6 is 0 Å². The fourth-order valence-corrected chi connectivity index (χ4v) is 3.07. The van der Waals surface area contributed by atoms with E-state index in [0.29, 0.717) is 6.42 Å². The van der Waals surface area contributed by atoms with Crippen LogP contribution in [0.2, 0.25) is 0 Å². The second kappa shape index (κ2) is 3.83. The monoisotopic (exact) mass is 253 g/mol. The quantitative estimate of drug-likeness (QED) is 0.829. The summed E-state index contributed by atoms with van der Waals surface area (Å²) in [5.74, 6) is 0.139. The minimum Gasteiger partial charge on any atom is -0.350 e. The molecule has 2 aromatic carbocycles. The largest absolute Gasteiger partial charge is 0.350 e. The van der Waals surface area contributed by atoms with E-state index in [0.717, 1.165) is 0 Å². The second-order valence-electron chi connectivity index (χ2n) is 6.24. The molecule has 2 aromatic rings. The van der Waals surface area contributed by atoms with E-state index in [4.69, 9.17) is 0 Å². The average molecular weight is 253 g/mol. The van der Waals surface area contributed by atoms with Crippen LogP contribution in [0.15, 0.2) is 42.5 Å². The molecule has 3 rings (SSSR count). The molecule has 0 bridgehead atoms. The van der Waals surface area contributed by atoms with Gasteiger partial charge in [-0.15, -0.1) is 0 Å². The summed E-state index contributed by atoms with van der Waals surface area (Å²) in [5.41, 5.74) is 0.857. The van der Waals surface area contributed by atoms with Crippen LogP contribution in [0.4, 0.5) is 0 Å². The highest BCUT2D eigenvalue weighted by atomic mass is 16.2. The number of rotatable bonds is 1. The first-order valence-corrected chi connectivity index (χ1v) is 6.73. The molecule has 1 heterocycles. The minimum atomic E-state index is -0.216. The van der Waals surface area contributed by atoms with E-state index in [9.17, 15) is 4.79 Å². The van der Waals surface area contributed by atoms with Crippen molar-refractivity contribution in [1.82, 2.24) is 5.32 Å². The fourth-order valence-electron chi connectivity index (χ4n) is 3.07. The highest BCUT2D eigenvalue weighted by Crippen LogP contribution is 2.43. The minimum absolute atomic E-state index is 0.139. The summed E-state index contributed by atoms with van der Waals surface area (Å²) in [5, 5.41) is 5.56. The highest BCUT2D eigenvalue weighted by molar-refractivity contribution is 5.86. The summed E-state index contributed by atoms with van der Waals surface area (Å²) in [6.07, 6.45) is 0.554. The summed E-state index contributed by atoms with van der Waals surface area (Å²) in [6, 6.07) is 14.9. The normalized spacial score (nSPS) is 25.5. The van der Waals surface area contributed by atoms with Crippen LogP contribution in [0.5, 0.6) is 0 Å². The second-order valence-corrected chi connectivity index (χ2v) is 6.24. The Morgan fingerprint density at radius 1 is 1.00 bits per heavy atom. The molecule has 0 saturated carbocycles. The van der Waals surface area contributed by atoms with Crippen LogP contribution in [0.1, 0.15) is 32.8 Å². The molecule has 1 N–H and O–H groups in total. The van der Waals surface area contributed by atoms with Crippen LogP contribution in [0, 0.1) is 0 Å². The summed E-state index contributed by atoms with van der Waals surface area (Å²) in [6.45, 7) is 6.38. The highest BCUT2D eigenvalue weighted by Gasteiger charge is 2.50. The smallest absolute Gasteiger partial charge is 0.221 e. The zero-order valence-corrected chi connectivity index (χ0v) is 11.7. The third kappa shape index (κ3) is 1.74. The Balaban J connectivity index is 2.16. The third-order valence-corrected chi connectivity index (χ3v) is 4.73. The molecule has 2 nitrogen and oxygen atoms in total. The van der Waals surface area contributed by atoms with Crippen molar-refractivity contribution < 1.29 is 4.79 Å². The molecule has 1 amide bonds. The molecule has 1 fully saturated rings. The molecular weight excluding hydrogens is 234 g/mol. The van der Waals surface area contributed by atoms with E-state index in [1.54, 1.807) is 0 Å². The summed E-state index contributed by atoms with van der Waals surface area (Å²) in [4.78, 5) is 11.8. The lowest BCUT2D eigenvalue weighted by Crippen LogP contribution is -2.48. The van der Waals surface area contributed by atoms with Crippen molar-refractivity contribution in [2.75, 3.05) is 0 Å². The van der Waals surface area contributed by atoms with Gasteiger partial charge in [-0.25, -0.2) is 0 Å². The lowest BCUT2D eigenvalue weighted by Gasteiger charge is -2.37. The molecule has 19 heavy (non-hydrogen) atoms. The van der Waals surface area contributed by atoms with E-state index in [1.165, 1.54) is 16.3 Å². The van der Waals surface area contributed by atoms with Crippen molar-refractivity contribution in [3.63, 3.8) is 0 Å².